The Bertz CT molecular complexity index is 654. The summed E-state index contributed by atoms with van der Waals surface area (Å²) in [7, 11) is 3.49. The maximum Gasteiger partial charge on any atom is 0.243 e. The molecule has 28 heavy (non-hydrogen) atoms. The number of hydrogen-bond donors (Lipinski definition) is 2. The molecule has 0 spiro atoms. The Hall–Kier alpha value is -2.20. The van der Waals surface area contributed by atoms with Crippen molar-refractivity contribution in [2.45, 2.75) is 31.8 Å². The first-order chi connectivity index (χ1) is 13.6. The summed E-state index contributed by atoms with van der Waals surface area (Å²) in [6.07, 6.45) is 4.47. The molecule has 10 nitrogen and oxygen atoms in total. The predicted octanol–water partition coefficient (Wildman–Crippen LogP) is -1.06. The van der Waals surface area contributed by atoms with Gasteiger partial charge in [0.25, 0.3) is 0 Å². The molecule has 0 saturated carbocycles. The lowest BCUT2D eigenvalue weighted by Crippen LogP contribution is -2.48. The second kappa shape index (κ2) is 10.4. The van der Waals surface area contributed by atoms with E-state index in [4.69, 9.17) is 4.74 Å². The van der Waals surface area contributed by atoms with Gasteiger partial charge in [-0.05, 0) is 19.4 Å². The Labute approximate surface area is 166 Å². The van der Waals surface area contributed by atoms with Gasteiger partial charge in [0.15, 0.2) is 5.96 Å². The highest BCUT2D eigenvalue weighted by Crippen LogP contribution is 2.11. The van der Waals surface area contributed by atoms with E-state index in [1.807, 2.05) is 4.68 Å². The summed E-state index contributed by atoms with van der Waals surface area (Å²) < 4.78 is 7.32. The van der Waals surface area contributed by atoms with Crippen LogP contribution in [0.15, 0.2) is 11.3 Å². The number of rotatable bonds is 7. The molecular formula is C18H32N8O2. The van der Waals surface area contributed by atoms with Crippen LogP contribution in [0.25, 0.3) is 0 Å². The Morgan fingerprint density at radius 2 is 2.21 bits per heavy atom. The SMILES string of the molecule is CN(C)C(=O)CN=C(NCCCN1CCOCC1)NC1CCc2ncnn2C1. The lowest BCUT2D eigenvalue weighted by Gasteiger charge is -2.27. The maximum atomic E-state index is 11.9. The summed E-state index contributed by atoms with van der Waals surface area (Å²) in [5.74, 6) is 1.69. The van der Waals surface area contributed by atoms with Gasteiger partial charge in [0.2, 0.25) is 5.91 Å². The molecule has 1 aromatic heterocycles. The predicted molar refractivity (Wildman–Crippen MR) is 106 cm³/mol. The zero-order valence-corrected chi connectivity index (χ0v) is 16.9. The fourth-order valence-corrected chi connectivity index (χ4v) is 3.32. The number of aryl methyl sites for hydroxylation is 1. The molecule has 1 aromatic rings. The van der Waals surface area contributed by atoms with Crippen molar-refractivity contribution in [3.8, 4) is 0 Å². The summed E-state index contributed by atoms with van der Waals surface area (Å²) in [4.78, 5) is 24.7. The Kier molecular flexibility index (Phi) is 7.61. The summed E-state index contributed by atoms with van der Waals surface area (Å²) in [5, 5.41) is 11.1. The third-order valence-electron chi connectivity index (χ3n) is 5.06. The number of guanidine groups is 1. The summed E-state index contributed by atoms with van der Waals surface area (Å²) >= 11 is 0. The van der Waals surface area contributed by atoms with Crippen molar-refractivity contribution in [3.63, 3.8) is 0 Å². The van der Waals surface area contributed by atoms with Gasteiger partial charge in [0, 0.05) is 46.2 Å². The van der Waals surface area contributed by atoms with Gasteiger partial charge in [0.05, 0.1) is 19.8 Å². The van der Waals surface area contributed by atoms with Crippen molar-refractivity contribution in [2.75, 3.05) is 60.0 Å². The molecule has 1 amide bonds. The maximum absolute atomic E-state index is 11.9. The molecule has 156 valence electrons. The second-order valence-electron chi connectivity index (χ2n) is 7.43. The van der Waals surface area contributed by atoms with Gasteiger partial charge in [-0.25, -0.2) is 14.7 Å². The van der Waals surface area contributed by atoms with Gasteiger partial charge in [-0.3, -0.25) is 9.69 Å². The van der Waals surface area contributed by atoms with Gasteiger partial charge >= 0.3 is 0 Å². The van der Waals surface area contributed by atoms with E-state index in [0.29, 0.717) is 5.96 Å². The van der Waals surface area contributed by atoms with Crippen molar-refractivity contribution >= 4 is 11.9 Å². The molecule has 0 bridgehead atoms. The molecule has 1 fully saturated rings. The van der Waals surface area contributed by atoms with E-state index in [1.165, 1.54) is 0 Å². The standard InChI is InChI=1S/C18H32N8O2/c1-24(2)17(27)12-20-18(19-6-3-7-25-8-10-28-11-9-25)23-15-4-5-16-21-14-22-26(16)13-15/h14-15H,3-13H2,1-2H3,(H2,19,20,23). The van der Waals surface area contributed by atoms with Crippen molar-refractivity contribution in [1.82, 2.24) is 35.2 Å². The molecule has 1 unspecified atom stereocenters. The average Bonchev–Trinajstić information content (AvgIpc) is 3.17. The molecule has 10 heteroatoms. The first-order valence-corrected chi connectivity index (χ1v) is 10.0. The normalized spacial score (nSPS) is 20.5. The quantitative estimate of drug-likeness (QED) is 0.347. The van der Waals surface area contributed by atoms with Crippen LogP contribution in [0.3, 0.4) is 0 Å². The van der Waals surface area contributed by atoms with Crippen LogP contribution in [-0.4, -0.2) is 103 Å². The smallest absolute Gasteiger partial charge is 0.243 e. The zero-order chi connectivity index (χ0) is 19.8. The van der Waals surface area contributed by atoms with Crippen LogP contribution >= 0.6 is 0 Å². The second-order valence-corrected chi connectivity index (χ2v) is 7.43. The van der Waals surface area contributed by atoms with E-state index < -0.39 is 0 Å². The first-order valence-electron chi connectivity index (χ1n) is 10.0. The molecule has 3 rings (SSSR count). The molecule has 2 aliphatic rings. The number of aliphatic imine (C=N–C) groups is 1. The fraction of sp³-hybridized carbons (Fsp3) is 0.778. The highest BCUT2D eigenvalue weighted by Gasteiger charge is 2.21. The van der Waals surface area contributed by atoms with Crippen molar-refractivity contribution < 1.29 is 9.53 Å². The Morgan fingerprint density at radius 3 is 3.00 bits per heavy atom. The van der Waals surface area contributed by atoms with Crippen LogP contribution in [0.1, 0.15) is 18.7 Å². The third kappa shape index (κ3) is 6.16. The number of amides is 1. The summed E-state index contributed by atoms with van der Waals surface area (Å²) in [5.41, 5.74) is 0. The van der Waals surface area contributed by atoms with E-state index >= 15 is 0 Å². The van der Waals surface area contributed by atoms with Gasteiger partial charge in [-0.1, -0.05) is 0 Å². The van der Waals surface area contributed by atoms with Crippen LogP contribution in [0, 0.1) is 0 Å². The van der Waals surface area contributed by atoms with E-state index in [1.54, 1.807) is 25.3 Å². The van der Waals surface area contributed by atoms with E-state index in [-0.39, 0.29) is 18.5 Å². The minimum atomic E-state index is -0.0170. The number of nitrogens with zero attached hydrogens (tertiary/aromatic N) is 6. The average molecular weight is 393 g/mol. The highest BCUT2D eigenvalue weighted by molar-refractivity contribution is 5.84. The first kappa shape index (κ1) is 20.5. The molecule has 2 aliphatic heterocycles. The summed E-state index contributed by atoms with van der Waals surface area (Å²) in [6, 6.07) is 0.217. The molecule has 1 saturated heterocycles. The third-order valence-corrected chi connectivity index (χ3v) is 5.06. The van der Waals surface area contributed by atoms with Gasteiger partial charge in [0.1, 0.15) is 18.7 Å². The molecule has 2 N–H and O–H groups in total. The number of morpholine rings is 1. The number of carbonyl (C=O) groups excluding carboxylic acids is 1. The molecule has 1 atom stereocenters. The lowest BCUT2D eigenvalue weighted by molar-refractivity contribution is -0.127. The molecule has 0 aromatic carbocycles. The number of ether oxygens (including phenoxy) is 1. The number of aromatic nitrogens is 3. The van der Waals surface area contributed by atoms with E-state index in [9.17, 15) is 4.79 Å². The molecular weight excluding hydrogens is 360 g/mol. The van der Waals surface area contributed by atoms with Gasteiger partial charge in [-0.15, -0.1) is 0 Å². The van der Waals surface area contributed by atoms with Crippen LogP contribution in [-0.2, 0) is 22.5 Å². The number of carbonyl (C=O) groups is 1. The highest BCUT2D eigenvalue weighted by atomic mass is 16.5. The monoisotopic (exact) mass is 392 g/mol. The number of nitrogens with one attached hydrogen (secondary N) is 2. The van der Waals surface area contributed by atoms with Crippen molar-refractivity contribution in [1.29, 1.82) is 0 Å². The molecule has 0 radical (unpaired) electrons. The van der Waals surface area contributed by atoms with E-state index in [0.717, 1.165) is 71.0 Å². The Balaban J connectivity index is 1.49. The number of likely N-dealkylation sites (N-methyl/N-ethyl adjacent to an activating group) is 1. The minimum Gasteiger partial charge on any atom is -0.379 e. The molecule has 0 aliphatic carbocycles. The van der Waals surface area contributed by atoms with Crippen molar-refractivity contribution in [2.24, 2.45) is 4.99 Å². The zero-order valence-electron chi connectivity index (χ0n) is 16.9. The fourth-order valence-electron chi connectivity index (χ4n) is 3.32. The van der Waals surface area contributed by atoms with E-state index in [2.05, 4.69) is 30.6 Å². The lowest BCUT2D eigenvalue weighted by atomic mass is 10.1. The number of fused-ring (bicyclic) bond motifs is 1. The largest absolute Gasteiger partial charge is 0.379 e. The van der Waals surface area contributed by atoms with Gasteiger partial charge < -0.3 is 20.3 Å². The van der Waals surface area contributed by atoms with Crippen LogP contribution in [0.5, 0.6) is 0 Å². The number of hydrogen-bond acceptors (Lipinski definition) is 6. The van der Waals surface area contributed by atoms with Crippen molar-refractivity contribution in [3.05, 3.63) is 12.2 Å². The Morgan fingerprint density at radius 1 is 1.39 bits per heavy atom. The molecule has 3 heterocycles. The van der Waals surface area contributed by atoms with Gasteiger partial charge in [-0.2, -0.15) is 5.10 Å². The minimum absolute atomic E-state index is 0.0170. The van der Waals surface area contributed by atoms with Crippen LogP contribution in [0.2, 0.25) is 0 Å². The van der Waals surface area contributed by atoms with Crippen LogP contribution in [0.4, 0.5) is 0 Å². The topological polar surface area (TPSA) is 99.9 Å². The summed E-state index contributed by atoms with van der Waals surface area (Å²) in [6.45, 7) is 6.36. The van der Waals surface area contributed by atoms with Crippen LogP contribution < -0.4 is 10.6 Å².